The molecule has 3 N–H and O–H groups in total. The lowest BCUT2D eigenvalue weighted by molar-refractivity contribution is -0.321. The Labute approximate surface area is 204 Å². The Hall–Kier alpha value is -3.28. The molecule has 5 atom stereocenters. The molecule has 194 valence electrons. The third-order valence-electron chi connectivity index (χ3n) is 7.51. The molecule has 1 aromatic carbocycles. The van der Waals surface area contributed by atoms with Crippen LogP contribution >= 0.6 is 0 Å². The number of hydrogen-bond acceptors (Lipinski definition) is 6. The number of ether oxygens (including phenoxy) is 1. The van der Waals surface area contributed by atoms with Crippen molar-refractivity contribution in [2.24, 2.45) is 28.9 Å². The number of carbonyl (C=O) groups is 5. The molecule has 4 rings (SSSR count). The molecule has 2 aliphatic heterocycles. The van der Waals surface area contributed by atoms with Crippen LogP contribution < -0.4 is 11.1 Å². The summed E-state index contributed by atoms with van der Waals surface area (Å²) in [6, 6.07) is 6.70. The standard InChI is InChI=1S/C24H26F3N3O6/c25-24(26,27)36-11-18(31)15(8-14-6-7-29-21(14)34)16-9-23(16)10-17(20(28)33)30(12-23)22(35)19(32)13-4-2-1-3-5-13/h1-5,14-17H,6-12H2,(H2,28,33)(H,29,34)/t14-,15+,16?,17?,23?/m1/s1. The van der Waals surface area contributed by atoms with Crippen molar-refractivity contribution in [3.63, 3.8) is 0 Å². The van der Waals surface area contributed by atoms with Crippen LogP contribution in [0.4, 0.5) is 13.2 Å². The smallest absolute Gasteiger partial charge is 0.368 e. The van der Waals surface area contributed by atoms with Gasteiger partial charge in [0.05, 0.1) is 0 Å². The third-order valence-corrected chi connectivity index (χ3v) is 7.51. The van der Waals surface area contributed by atoms with Crippen molar-refractivity contribution in [1.82, 2.24) is 10.2 Å². The zero-order valence-corrected chi connectivity index (χ0v) is 19.3. The second-order valence-electron chi connectivity index (χ2n) is 9.74. The molecule has 1 saturated carbocycles. The number of nitrogens with zero attached hydrogens (tertiary/aromatic N) is 1. The lowest BCUT2D eigenvalue weighted by atomic mass is 9.83. The first kappa shape index (κ1) is 25.8. The Morgan fingerprint density at radius 3 is 2.44 bits per heavy atom. The van der Waals surface area contributed by atoms with Crippen LogP contribution in [0.5, 0.6) is 0 Å². The number of benzene rings is 1. The predicted octanol–water partition coefficient (Wildman–Crippen LogP) is 1.21. The molecule has 9 nitrogen and oxygen atoms in total. The molecule has 36 heavy (non-hydrogen) atoms. The van der Waals surface area contributed by atoms with Gasteiger partial charge in [-0.15, -0.1) is 13.2 Å². The van der Waals surface area contributed by atoms with Crippen LogP contribution in [0.2, 0.25) is 0 Å². The van der Waals surface area contributed by atoms with Crippen molar-refractivity contribution in [2.75, 3.05) is 19.7 Å². The lowest BCUT2D eigenvalue weighted by Crippen LogP contribution is -2.46. The quantitative estimate of drug-likeness (QED) is 0.380. The van der Waals surface area contributed by atoms with Crippen LogP contribution in [-0.4, -0.2) is 66.3 Å². The van der Waals surface area contributed by atoms with E-state index in [0.29, 0.717) is 19.4 Å². The van der Waals surface area contributed by atoms with Gasteiger partial charge in [0.1, 0.15) is 12.6 Å². The third kappa shape index (κ3) is 5.28. The number of ketones is 2. The Kier molecular flexibility index (Phi) is 6.91. The molecule has 2 saturated heterocycles. The Morgan fingerprint density at radius 1 is 1.17 bits per heavy atom. The van der Waals surface area contributed by atoms with E-state index in [4.69, 9.17) is 5.73 Å². The molecule has 1 aliphatic carbocycles. The fraction of sp³-hybridized carbons (Fsp3) is 0.542. The van der Waals surface area contributed by atoms with Crippen LogP contribution in [0, 0.1) is 23.2 Å². The second-order valence-corrected chi connectivity index (χ2v) is 9.74. The summed E-state index contributed by atoms with van der Waals surface area (Å²) in [6.45, 7) is -0.820. The van der Waals surface area contributed by atoms with Gasteiger partial charge in [0.25, 0.3) is 5.91 Å². The van der Waals surface area contributed by atoms with E-state index in [-0.39, 0.29) is 30.9 Å². The SMILES string of the molecule is NC(=O)C1CC2(CC2[C@H](C[C@H]2CCNC2=O)C(=O)COC(F)(F)F)CN1C(=O)C(=O)c1ccccc1. The first-order valence-corrected chi connectivity index (χ1v) is 11.6. The summed E-state index contributed by atoms with van der Waals surface area (Å²) in [5.74, 6) is -5.56. The zero-order chi connectivity index (χ0) is 26.3. The number of rotatable bonds is 9. The van der Waals surface area contributed by atoms with Gasteiger partial charge in [-0.3, -0.25) is 28.7 Å². The normalized spacial score (nSPS) is 28.1. The number of primary amides is 1. The first-order valence-electron chi connectivity index (χ1n) is 11.6. The van der Waals surface area contributed by atoms with E-state index < -0.39 is 65.6 Å². The van der Waals surface area contributed by atoms with Crippen molar-refractivity contribution in [2.45, 2.75) is 38.1 Å². The van der Waals surface area contributed by atoms with Gasteiger partial charge < -0.3 is 16.0 Å². The van der Waals surface area contributed by atoms with E-state index in [0.717, 1.165) is 4.90 Å². The largest absolute Gasteiger partial charge is 0.522 e. The molecule has 2 heterocycles. The van der Waals surface area contributed by atoms with E-state index in [1.165, 1.54) is 12.1 Å². The van der Waals surface area contributed by atoms with E-state index in [2.05, 4.69) is 10.1 Å². The van der Waals surface area contributed by atoms with Gasteiger partial charge in [-0.05, 0) is 37.0 Å². The number of likely N-dealkylation sites (tertiary alicyclic amines) is 1. The number of nitrogens with two attached hydrogens (primary N) is 1. The highest BCUT2D eigenvalue weighted by Gasteiger charge is 2.65. The van der Waals surface area contributed by atoms with Crippen LogP contribution in [0.1, 0.15) is 36.0 Å². The molecular weight excluding hydrogens is 483 g/mol. The molecule has 3 aliphatic rings. The topological polar surface area (TPSA) is 136 Å². The van der Waals surface area contributed by atoms with Gasteiger partial charge >= 0.3 is 6.36 Å². The van der Waals surface area contributed by atoms with Gasteiger partial charge in [-0.2, -0.15) is 0 Å². The average molecular weight is 509 g/mol. The molecule has 3 fully saturated rings. The van der Waals surface area contributed by atoms with Crippen LogP contribution in [-0.2, 0) is 23.9 Å². The van der Waals surface area contributed by atoms with Gasteiger partial charge in [0, 0.05) is 30.5 Å². The highest BCUT2D eigenvalue weighted by molar-refractivity contribution is 6.43. The maximum absolute atomic E-state index is 13.0. The van der Waals surface area contributed by atoms with Gasteiger partial charge in [0.15, 0.2) is 5.78 Å². The molecule has 0 bridgehead atoms. The van der Waals surface area contributed by atoms with Crippen molar-refractivity contribution >= 4 is 29.3 Å². The van der Waals surface area contributed by atoms with E-state index in [9.17, 15) is 37.1 Å². The summed E-state index contributed by atoms with van der Waals surface area (Å²) in [5, 5.41) is 2.65. The number of nitrogens with one attached hydrogen (secondary N) is 1. The number of Topliss-reactive ketones (excluding diaryl/α,β-unsaturated/α-hetero) is 2. The van der Waals surface area contributed by atoms with Crippen LogP contribution in [0.15, 0.2) is 30.3 Å². The maximum Gasteiger partial charge on any atom is 0.522 e. The number of alkyl halides is 3. The van der Waals surface area contributed by atoms with Crippen molar-refractivity contribution in [3.05, 3.63) is 35.9 Å². The monoisotopic (exact) mass is 509 g/mol. The molecule has 12 heteroatoms. The Morgan fingerprint density at radius 2 is 1.86 bits per heavy atom. The highest BCUT2D eigenvalue weighted by Crippen LogP contribution is 2.64. The zero-order valence-electron chi connectivity index (χ0n) is 19.3. The molecule has 0 radical (unpaired) electrons. The average Bonchev–Trinajstić information content (AvgIpc) is 3.14. The van der Waals surface area contributed by atoms with Crippen molar-refractivity contribution in [1.29, 1.82) is 0 Å². The van der Waals surface area contributed by atoms with Crippen LogP contribution in [0.3, 0.4) is 0 Å². The van der Waals surface area contributed by atoms with Gasteiger partial charge in [-0.25, -0.2) is 0 Å². The fourth-order valence-corrected chi connectivity index (χ4v) is 5.64. The molecule has 3 amide bonds. The summed E-state index contributed by atoms with van der Waals surface area (Å²) < 4.78 is 41.5. The molecule has 3 unspecified atom stereocenters. The van der Waals surface area contributed by atoms with E-state index >= 15 is 0 Å². The second kappa shape index (κ2) is 9.64. The number of amides is 3. The summed E-state index contributed by atoms with van der Waals surface area (Å²) in [6.07, 6.45) is -4.07. The van der Waals surface area contributed by atoms with Crippen LogP contribution in [0.25, 0.3) is 0 Å². The summed E-state index contributed by atoms with van der Waals surface area (Å²) >= 11 is 0. The fourth-order valence-electron chi connectivity index (χ4n) is 5.64. The maximum atomic E-state index is 13.0. The molecular formula is C24H26F3N3O6. The Bertz CT molecular complexity index is 1080. The minimum atomic E-state index is -4.99. The summed E-state index contributed by atoms with van der Waals surface area (Å²) in [7, 11) is 0. The van der Waals surface area contributed by atoms with Gasteiger partial charge in [-0.1, -0.05) is 30.3 Å². The molecule has 1 aromatic rings. The van der Waals surface area contributed by atoms with Crippen molar-refractivity contribution < 1.29 is 41.9 Å². The van der Waals surface area contributed by atoms with Crippen molar-refractivity contribution in [3.8, 4) is 0 Å². The minimum absolute atomic E-state index is 0.0381. The summed E-state index contributed by atoms with van der Waals surface area (Å²) in [4.78, 5) is 64.0. The molecule has 0 aromatic heterocycles. The van der Waals surface area contributed by atoms with Gasteiger partial charge in [0.2, 0.25) is 17.6 Å². The number of halogens is 3. The summed E-state index contributed by atoms with van der Waals surface area (Å²) in [5.41, 5.74) is 4.91. The minimum Gasteiger partial charge on any atom is -0.368 e. The van der Waals surface area contributed by atoms with E-state index in [1.54, 1.807) is 18.2 Å². The first-order chi connectivity index (χ1) is 16.9. The lowest BCUT2D eigenvalue weighted by Gasteiger charge is -2.22. The number of carbonyl (C=O) groups excluding carboxylic acids is 5. The van der Waals surface area contributed by atoms with E-state index in [1.807, 2.05) is 0 Å². The highest BCUT2D eigenvalue weighted by atomic mass is 19.4. The number of hydrogen-bond donors (Lipinski definition) is 2. The molecule has 1 spiro atoms. The predicted molar refractivity (Wildman–Crippen MR) is 117 cm³/mol. The Balaban J connectivity index is 1.54.